The van der Waals surface area contributed by atoms with Gasteiger partial charge in [0.2, 0.25) is 0 Å². The van der Waals surface area contributed by atoms with Gasteiger partial charge in [0.05, 0.1) is 15.6 Å². The van der Waals surface area contributed by atoms with E-state index in [9.17, 15) is 4.79 Å². The summed E-state index contributed by atoms with van der Waals surface area (Å²) in [6, 6.07) is 12.9. The van der Waals surface area contributed by atoms with Crippen LogP contribution in [0, 0.1) is 0 Å². The third-order valence-electron chi connectivity index (χ3n) is 4.50. The minimum absolute atomic E-state index is 0.0906. The monoisotopic (exact) mass is 344 g/mol. The van der Waals surface area contributed by atoms with E-state index in [1.165, 1.54) is 23.4 Å². The van der Waals surface area contributed by atoms with Gasteiger partial charge in [-0.15, -0.1) is 23.1 Å². The zero-order valence-electron chi connectivity index (χ0n) is 13.0. The number of fused-ring (bicyclic) bond motifs is 1. The molecule has 0 atom stereocenters. The molecule has 1 aliphatic heterocycles. The molecule has 2 heterocycles. The van der Waals surface area contributed by atoms with E-state index in [1.54, 1.807) is 11.3 Å². The Morgan fingerprint density at radius 2 is 1.96 bits per heavy atom. The van der Waals surface area contributed by atoms with Crippen LogP contribution in [0.1, 0.15) is 35.4 Å². The fraction of sp³-hybridized carbons (Fsp3) is 0.389. The molecule has 0 radical (unpaired) electrons. The highest BCUT2D eigenvalue weighted by atomic mass is 32.2. The number of carbonyl (C=O) groups excluding carboxylic acids is 1. The van der Waals surface area contributed by atoms with E-state index < -0.39 is 0 Å². The Kier molecular flexibility index (Phi) is 4.31. The van der Waals surface area contributed by atoms with Crippen molar-refractivity contribution < 1.29 is 4.79 Å². The molecule has 1 aliphatic carbocycles. The summed E-state index contributed by atoms with van der Waals surface area (Å²) in [5.74, 6) is 1.17. The minimum Gasteiger partial charge on any atom is -0.349 e. The smallest absolute Gasteiger partial charge is 0.261 e. The highest BCUT2D eigenvalue weighted by molar-refractivity contribution is 7.99. The SMILES string of the molecule is O=C(NC1CCCC1)c1ccc(N2CCSc3ccccc32)s1. The van der Waals surface area contributed by atoms with Gasteiger partial charge < -0.3 is 10.2 Å². The van der Waals surface area contributed by atoms with Crippen LogP contribution in [0.2, 0.25) is 0 Å². The van der Waals surface area contributed by atoms with Gasteiger partial charge in [-0.3, -0.25) is 4.79 Å². The van der Waals surface area contributed by atoms with Gasteiger partial charge in [0, 0.05) is 23.2 Å². The zero-order valence-corrected chi connectivity index (χ0v) is 14.6. The number of nitrogens with zero attached hydrogens (tertiary/aromatic N) is 1. The Hall–Kier alpha value is -1.46. The average Bonchev–Trinajstić information content (AvgIpc) is 3.26. The highest BCUT2D eigenvalue weighted by Gasteiger charge is 2.22. The largest absolute Gasteiger partial charge is 0.349 e. The summed E-state index contributed by atoms with van der Waals surface area (Å²) in [5, 5.41) is 4.34. The lowest BCUT2D eigenvalue weighted by molar-refractivity contribution is 0.0942. The number of hydrogen-bond acceptors (Lipinski definition) is 4. The van der Waals surface area contributed by atoms with Crippen molar-refractivity contribution in [3.8, 4) is 0 Å². The second kappa shape index (κ2) is 6.57. The number of benzene rings is 1. The first kappa shape index (κ1) is 15.1. The lowest BCUT2D eigenvalue weighted by Crippen LogP contribution is -2.31. The molecule has 0 saturated heterocycles. The molecule has 120 valence electrons. The summed E-state index contributed by atoms with van der Waals surface area (Å²) in [4.78, 5) is 16.9. The maximum atomic E-state index is 12.4. The van der Waals surface area contributed by atoms with Crippen molar-refractivity contribution in [2.45, 2.75) is 36.6 Å². The number of hydrogen-bond donors (Lipinski definition) is 1. The maximum absolute atomic E-state index is 12.4. The van der Waals surface area contributed by atoms with E-state index in [0.29, 0.717) is 6.04 Å². The molecule has 1 amide bonds. The van der Waals surface area contributed by atoms with Crippen molar-refractivity contribution >= 4 is 39.7 Å². The van der Waals surface area contributed by atoms with Crippen LogP contribution in [0.4, 0.5) is 10.7 Å². The number of thioether (sulfide) groups is 1. The molecule has 1 N–H and O–H groups in total. The zero-order chi connectivity index (χ0) is 15.6. The minimum atomic E-state index is 0.0906. The van der Waals surface area contributed by atoms with Gasteiger partial charge >= 0.3 is 0 Å². The predicted molar refractivity (Wildman–Crippen MR) is 98.2 cm³/mol. The lowest BCUT2D eigenvalue weighted by Gasteiger charge is -2.29. The van der Waals surface area contributed by atoms with Crippen LogP contribution in [-0.2, 0) is 0 Å². The van der Waals surface area contributed by atoms with Crippen molar-refractivity contribution in [1.29, 1.82) is 0 Å². The number of thiophene rings is 1. The second-order valence-corrected chi connectivity index (χ2v) is 8.26. The Morgan fingerprint density at radius 3 is 2.83 bits per heavy atom. The van der Waals surface area contributed by atoms with Crippen molar-refractivity contribution in [3.63, 3.8) is 0 Å². The quantitative estimate of drug-likeness (QED) is 0.878. The van der Waals surface area contributed by atoms with E-state index >= 15 is 0 Å². The number of amides is 1. The number of anilines is 2. The summed E-state index contributed by atoms with van der Waals surface area (Å²) >= 11 is 3.50. The number of para-hydroxylation sites is 1. The molecule has 4 rings (SSSR count). The first-order valence-electron chi connectivity index (χ1n) is 8.21. The van der Waals surface area contributed by atoms with Gasteiger partial charge in [0.25, 0.3) is 5.91 Å². The van der Waals surface area contributed by atoms with Crippen LogP contribution >= 0.6 is 23.1 Å². The first-order chi connectivity index (χ1) is 11.3. The normalized spacial score (nSPS) is 18.0. The van der Waals surface area contributed by atoms with E-state index in [0.717, 1.165) is 35.0 Å². The standard InChI is InChI=1S/C18H20N2OS2/c21-18(19-13-5-1-2-6-13)16-9-10-17(23-16)20-11-12-22-15-8-4-3-7-14(15)20/h3-4,7-10,13H,1-2,5-6,11-12H2,(H,19,21). The number of carbonyl (C=O) groups is 1. The average molecular weight is 345 g/mol. The molecule has 2 aliphatic rings. The first-order valence-corrected chi connectivity index (χ1v) is 10.0. The molecule has 1 saturated carbocycles. The summed E-state index contributed by atoms with van der Waals surface area (Å²) in [6.07, 6.45) is 4.73. The fourth-order valence-corrected chi connectivity index (χ4v) is 5.26. The van der Waals surface area contributed by atoms with Crippen molar-refractivity contribution in [2.24, 2.45) is 0 Å². The van der Waals surface area contributed by atoms with Crippen LogP contribution in [-0.4, -0.2) is 24.2 Å². The summed E-state index contributed by atoms with van der Waals surface area (Å²) in [5.41, 5.74) is 1.26. The molecule has 2 aromatic rings. The van der Waals surface area contributed by atoms with Gasteiger partial charge in [-0.25, -0.2) is 0 Å². The maximum Gasteiger partial charge on any atom is 0.261 e. The Morgan fingerprint density at radius 1 is 1.13 bits per heavy atom. The molecule has 1 fully saturated rings. The molecule has 0 unspecified atom stereocenters. The summed E-state index contributed by atoms with van der Waals surface area (Å²) in [7, 11) is 0. The Bertz CT molecular complexity index is 707. The van der Waals surface area contributed by atoms with Crippen LogP contribution in [0.15, 0.2) is 41.3 Å². The molecule has 23 heavy (non-hydrogen) atoms. The third-order valence-corrected chi connectivity index (χ3v) is 6.65. The van der Waals surface area contributed by atoms with Gasteiger partial charge in [-0.1, -0.05) is 25.0 Å². The molecule has 1 aromatic heterocycles. The fourth-order valence-electron chi connectivity index (χ4n) is 3.32. The van der Waals surface area contributed by atoms with Crippen molar-refractivity contribution in [2.75, 3.05) is 17.2 Å². The van der Waals surface area contributed by atoms with E-state index in [2.05, 4.69) is 40.5 Å². The Balaban J connectivity index is 1.53. The van der Waals surface area contributed by atoms with Crippen molar-refractivity contribution in [1.82, 2.24) is 5.32 Å². The van der Waals surface area contributed by atoms with Crippen molar-refractivity contribution in [3.05, 3.63) is 41.3 Å². The second-order valence-electron chi connectivity index (χ2n) is 6.06. The van der Waals surface area contributed by atoms with E-state index in [-0.39, 0.29) is 5.91 Å². The van der Waals surface area contributed by atoms with Gasteiger partial charge in [-0.2, -0.15) is 0 Å². The summed E-state index contributed by atoms with van der Waals surface area (Å²) in [6.45, 7) is 0.992. The van der Waals surface area contributed by atoms with Crippen LogP contribution in [0.3, 0.4) is 0 Å². The van der Waals surface area contributed by atoms with Gasteiger partial charge in [-0.05, 0) is 37.1 Å². The molecular weight excluding hydrogens is 324 g/mol. The van der Waals surface area contributed by atoms with Gasteiger partial charge in [0.15, 0.2) is 0 Å². The number of rotatable bonds is 3. The highest BCUT2D eigenvalue weighted by Crippen LogP contribution is 2.41. The van der Waals surface area contributed by atoms with E-state index in [4.69, 9.17) is 0 Å². The lowest BCUT2D eigenvalue weighted by atomic mass is 10.2. The third kappa shape index (κ3) is 3.12. The predicted octanol–water partition coefficient (Wildman–Crippen LogP) is 4.66. The molecule has 0 bridgehead atoms. The topological polar surface area (TPSA) is 32.3 Å². The van der Waals surface area contributed by atoms with Gasteiger partial charge in [0.1, 0.15) is 0 Å². The molecule has 5 heteroatoms. The number of nitrogens with one attached hydrogen (secondary N) is 1. The van der Waals surface area contributed by atoms with Crippen LogP contribution in [0.5, 0.6) is 0 Å². The molecule has 0 spiro atoms. The Labute approximate surface area is 145 Å². The van der Waals surface area contributed by atoms with E-state index in [1.807, 2.05) is 17.8 Å². The summed E-state index contributed by atoms with van der Waals surface area (Å²) < 4.78 is 0. The van der Waals surface area contributed by atoms with Crippen LogP contribution in [0.25, 0.3) is 0 Å². The molecule has 1 aromatic carbocycles. The molecular formula is C18H20N2OS2. The molecule has 3 nitrogen and oxygen atoms in total. The van der Waals surface area contributed by atoms with Crippen LogP contribution < -0.4 is 10.2 Å².